The summed E-state index contributed by atoms with van der Waals surface area (Å²) in [5.41, 5.74) is 18.1. The molecule has 0 saturated heterocycles. The number of aromatic nitrogens is 5. The van der Waals surface area contributed by atoms with Gasteiger partial charge >= 0.3 is 0 Å². The summed E-state index contributed by atoms with van der Waals surface area (Å²) in [6.45, 7) is 4.70. The van der Waals surface area contributed by atoms with Crippen molar-refractivity contribution in [3.63, 3.8) is 0 Å². The van der Waals surface area contributed by atoms with Gasteiger partial charge in [0.05, 0.1) is 44.1 Å². The molecule has 0 bridgehead atoms. The normalized spacial score (nSPS) is 13.3. The number of nitrogens with zero attached hydrogens (tertiary/aromatic N) is 5. The molecule has 4 aromatic heterocycles. The smallest absolute Gasteiger partial charge is 0.165 e. The van der Waals surface area contributed by atoms with Crippen LogP contribution in [0.25, 0.3) is 127 Å². The van der Waals surface area contributed by atoms with Gasteiger partial charge in [-0.2, -0.15) is 0 Å². The lowest BCUT2D eigenvalue weighted by Crippen LogP contribution is -2.14. The van der Waals surface area contributed by atoms with E-state index in [1.54, 1.807) is 0 Å². The molecule has 318 valence electrons. The maximum atomic E-state index is 5.51. The molecular weight excluding hydrogens is 827 g/mol. The first-order chi connectivity index (χ1) is 33.5. The molecule has 14 aromatic rings. The maximum Gasteiger partial charge on any atom is 0.165 e. The van der Waals surface area contributed by atoms with Gasteiger partial charge in [-0.1, -0.05) is 159 Å². The Morgan fingerprint density at radius 1 is 0.338 bits per heavy atom. The zero-order chi connectivity index (χ0) is 44.8. The van der Waals surface area contributed by atoms with Crippen LogP contribution in [0.1, 0.15) is 25.0 Å². The van der Waals surface area contributed by atoms with E-state index >= 15 is 0 Å². The van der Waals surface area contributed by atoms with Crippen LogP contribution in [0.5, 0.6) is 0 Å². The van der Waals surface area contributed by atoms with E-state index in [4.69, 9.17) is 9.97 Å². The van der Waals surface area contributed by atoms with Gasteiger partial charge in [0, 0.05) is 54.7 Å². The summed E-state index contributed by atoms with van der Waals surface area (Å²) in [4.78, 5) is 11.0. The summed E-state index contributed by atoms with van der Waals surface area (Å²) in [5.74, 6) is 0.804. The van der Waals surface area contributed by atoms with Crippen LogP contribution in [0.2, 0.25) is 0 Å². The van der Waals surface area contributed by atoms with E-state index in [-0.39, 0.29) is 5.41 Å². The quantitative estimate of drug-likeness (QED) is 0.177. The standard InChI is InChI=1S/C63H41N5/c1-63(2)49-24-9-5-19-42(49)48-36-39(31-33-50(48)63)66-54-28-13-7-21-46(54)59-56(66)34-35-57-60(59)47-22-8-14-29-55(47)67(57)40-30-32-44-43-20-6-12-27-53(43)68(58(44)37-40)62-61(64-51-25-10-11-26-52(51)65-62)45-23-15-17-38-16-3-4-18-41(38)45/h3-37H,1-2H3. The molecule has 10 aromatic carbocycles. The third-order valence-electron chi connectivity index (χ3n) is 15.0. The Labute approximate surface area is 391 Å². The summed E-state index contributed by atoms with van der Waals surface area (Å²) in [5, 5.41) is 9.61. The number of fused-ring (bicyclic) bond motifs is 15. The lowest BCUT2D eigenvalue weighted by Gasteiger charge is -2.21. The Balaban J connectivity index is 0.999. The van der Waals surface area contributed by atoms with E-state index < -0.39 is 0 Å². The molecule has 4 heterocycles. The third-order valence-corrected chi connectivity index (χ3v) is 15.0. The van der Waals surface area contributed by atoms with Crippen LogP contribution in [-0.2, 0) is 5.41 Å². The predicted octanol–water partition coefficient (Wildman–Crippen LogP) is 16.0. The molecule has 5 heteroatoms. The molecule has 0 aliphatic heterocycles. The Bertz CT molecular complexity index is 4480. The lowest BCUT2D eigenvalue weighted by atomic mass is 9.82. The summed E-state index contributed by atoms with van der Waals surface area (Å²) in [6, 6.07) is 77.5. The zero-order valence-electron chi connectivity index (χ0n) is 37.4. The van der Waals surface area contributed by atoms with Crippen molar-refractivity contribution in [2.45, 2.75) is 19.3 Å². The average molecular weight is 868 g/mol. The van der Waals surface area contributed by atoms with E-state index in [1.165, 1.54) is 71.3 Å². The second-order valence-corrected chi connectivity index (χ2v) is 18.9. The molecular formula is C63H41N5. The van der Waals surface area contributed by atoms with E-state index in [9.17, 15) is 0 Å². The first-order valence-corrected chi connectivity index (χ1v) is 23.5. The molecule has 0 amide bonds. The highest BCUT2D eigenvalue weighted by Gasteiger charge is 2.35. The minimum Gasteiger partial charge on any atom is -0.309 e. The molecule has 68 heavy (non-hydrogen) atoms. The van der Waals surface area contributed by atoms with Gasteiger partial charge in [0.25, 0.3) is 0 Å². The highest BCUT2D eigenvalue weighted by molar-refractivity contribution is 6.29. The monoisotopic (exact) mass is 867 g/mol. The fourth-order valence-corrected chi connectivity index (χ4v) is 12.0. The summed E-state index contributed by atoms with van der Waals surface area (Å²) >= 11 is 0. The number of benzene rings is 10. The minimum atomic E-state index is -0.0569. The van der Waals surface area contributed by atoms with Crippen molar-refractivity contribution in [1.82, 2.24) is 23.7 Å². The van der Waals surface area contributed by atoms with Crippen molar-refractivity contribution in [1.29, 1.82) is 0 Å². The highest BCUT2D eigenvalue weighted by Crippen LogP contribution is 2.50. The Morgan fingerprint density at radius 3 is 1.59 bits per heavy atom. The van der Waals surface area contributed by atoms with Crippen molar-refractivity contribution >= 4 is 87.2 Å². The molecule has 0 N–H and O–H groups in total. The van der Waals surface area contributed by atoms with Crippen LogP contribution in [0, 0.1) is 0 Å². The van der Waals surface area contributed by atoms with Gasteiger partial charge in [0.1, 0.15) is 5.69 Å². The first-order valence-electron chi connectivity index (χ1n) is 23.5. The maximum absolute atomic E-state index is 5.51. The Hall–Kier alpha value is -8.80. The molecule has 15 rings (SSSR count). The van der Waals surface area contributed by atoms with Crippen LogP contribution in [0.3, 0.4) is 0 Å². The molecule has 0 fully saturated rings. The number of para-hydroxylation sites is 5. The Morgan fingerprint density at radius 2 is 0.853 bits per heavy atom. The second kappa shape index (κ2) is 13.6. The van der Waals surface area contributed by atoms with E-state index in [1.807, 2.05) is 12.1 Å². The highest BCUT2D eigenvalue weighted by atomic mass is 15.1. The molecule has 0 spiro atoms. The van der Waals surface area contributed by atoms with Crippen LogP contribution < -0.4 is 0 Å². The van der Waals surface area contributed by atoms with Gasteiger partial charge in [-0.05, 0) is 99.8 Å². The van der Waals surface area contributed by atoms with Gasteiger partial charge in [-0.3, -0.25) is 4.57 Å². The van der Waals surface area contributed by atoms with Crippen molar-refractivity contribution in [3.05, 3.63) is 223 Å². The van der Waals surface area contributed by atoms with Crippen molar-refractivity contribution < 1.29 is 0 Å². The zero-order valence-corrected chi connectivity index (χ0v) is 37.4. The molecule has 0 atom stereocenters. The molecule has 1 aliphatic rings. The number of rotatable bonds is 4. The van der Waals surface area contributed by atoms with Crippen molar-refractivity contribution in [2.75, 3.05) is 0 Å². The Kier molecular flexibility index (Phi) is 7.50. The summed E-state index contributed by atoms with van der Waals surface area (Å²) < 4.78 is 7.29. The largest absolute Gasteiger partial charge is 0.309 e. The van der Waals surface area contributed by atoms with Crippen LogP contribution in [0.4, 0.5) is 0 Å². The van der Waals surface area contributed by atoms with Gasteiger partial charge in [0.2, 0.25) is 0 Å². The van der Waals surface area contributed by atoms with Gasteiger partial charge in [-0.25, -0.2) is 9.97 Å². The van der Waals surface area contributed by atoms with E-state index in [2.05, 4.69) is 228 Å². The lowest BCUT2D eigenvalue weighted by molar-refractivity contribution is 0.660. The van der Waals surface area contributed by atoms with Gasteiger partial charge in [0.15, 0.2) is 5.82 Å². The van der Waals surface area contributed by atoms with Crippen LogP contribution >= 0.6 is 0 Å². The predicted molar refractivity (Wildman–Crippen MR) is 283 cm³/mol. The first kappa shape index (κ1) is 37.4. The summed E-state index contributed by atoms with van der Waals surface area (Å²) in [6.07, 6.45) is 0. The molecule has 5 nitrogen and oxygen atoms in total. The molecule has 0 unspecified atom stereocenters. The number of hydrogen-bond acceptors (Lipinski definition) is 2. The fourth-order valence-electron chi connectivity index (χ4n) is 12.0. The van der Waals surface area contributed by atoms with Gasteiger partial charge < -0.3 is 9.13 Å². The van der Waals surface area contributed by atoms with Gasteiger partial charge in [-0.15, -0.1) is 0 Å². The average Bonchev–Trinajstić information content (AvgIpc) is 4.08. The van der Waals surface area contributed by atoms with Crippen molar-refractivity contribution in [3.8, 4) is 39.6 Å². The van der Waals surface area contributed by atoms with E-state index in [0.717, 1.165) is 66.6 Å². The van der Waals surface area contributed by atoms with Crippen molar-refractivity contribution in [2.24, 2.45) is 0 Å². The number of hydrogen-bond donors (Lipinski definition) is 0. The minimum absolute atomic E-state index is 0.0569. The van der Waals surface area contributed by atoms with Crippen LogP contribution in [-0.4, -0.2) is 23.7 Å². The third kappa shape index (κ3) is 4.99. The fraction of sp³-hybridized carbons (Fsp3) is 0.0476. The topological polar surface area (TPSA) is 40.6 Å². The van der Waals surface area contributed by atoms with E-state index in [0.29, 0.717) is 0 Å². The molecule has 0 radical (unpaired) electrons. The SMILES string of the molecule is CC1(C)c2ccccc2-c2cc(-n3c4ccccc4c4c5c6ccccc6n(-c6ccc7c8ccccc8n(-c8nc9ccccc9nc8-c8cccc9ccccc89)c7c6)c5ccc43)ccc21. The summed E-state index contributed by atoms with van der Waals surface area (Å²) in [7, 11) is 0. The molecule has 0 saturated carbocycles. The molecule has 1 aliphatic carbocycles. The second-order valence-electron chi connectivity index (χ2n) is 18.9. The van der Waals surface area contributed by atoms with Crippen LogP contribution in [0.15, 0.2) is 212 Å².